The highest BCUT2D eigenvalue weighted by Gasteiger charge is 2.41. The average molecular weight is 444 g/mol. The number of hydrogen-bond acceptors (Lipinski definition) is 5. The lowest BCUT2D eigenvalue weighted by Gasteiger charge is -2.41. The molecule has 0 spiro atoms. The van der Waals surface area contributed by atoms with Crippen LogP contribution in [0.3, 0.4) is 0 Å². The lowest BCUT2D eigenvalue weighted by Crippen LogP contribution is -2.55. The maximum atomic E-state index is 14.0. The number of carbonyl (C=O) groups excluding carboxylic acids is 1. The van der Waals surface area contributed by atoms with E-state index in [9.17, 15) is 22.0 Å². The molecule has 30 heavy (non-hydrogen) atoms. The molecule has 3 heterocycles. The lowest BCUT2D eigenvalue weighted by atomic mass is 9.91. The topological polar surface area (TPSA) is 79.0 Å². The van der Waals surface area contributed by atoms with Crippen molar-refractivity contribution in [3.8, 4) is 0 Å². The van der Waals surface area contributed by atoms with Crippen molar-refractivity contribution in [1.29, 1.82) is 0 Å². The Balaban J connectivity index is 1.70. The van der Waals surface area contributed by atoms with Gasteiger partial charge in [-0.25, -0.2) is 17.2 Å². The first-order chi connectivity index (χ1) is 14.0. The molecule has 3 unspecified atom stereocenters. The van der Waals surface area contributed by atoms with Gasteiger partial charge in [0, 0.05) is 44.7 Å². The highest BCUT2D eigenvalue weighted by molar-refractivity contribution is 7.88. The molecule has 166 valence electrons. The second-order valence-corrected chi connectivity index (χ2v) is 10.0. The number of halogens is 2. The van der Waals surface area contributed by atoms with Gasteiger partial charge in [-0.05, 0) is 23.6 Å². The summed E-state index contributed by atoms with van der Waals surface area (Å²) in [6.07, 6.45) is 1.74. The molecule has 0 aromatic rings. The number of allylic oxidation sites excluding steroid dienone is 2. The fourth-order valence-electron chi connectivity index (χ4n) is 4.32. The molecule has 0 aromatic heterocycles. The van der Waals surface area contributed by atoms with Gasteiger partial charge in [0.05, 0.1) is 18.9 Å². The van der Waals surface area contributed by atoms with Gasteiger partial charge in [0.1, 0.15) is 17.8 Å². The van der Waals surface area contributed by atoms with E-state index >= 15 is 0 Å². The van der Waals surface area contributed by atoms with E-state index in [1.165, 1.54) is 17.5 Å². The summed E-state index contributed by atoms with van der Waals surface area (Å²) >= 11 is 0. The van der Waals surface area contributed by atoms with Crippen LogP contribution in [0, 0.1) is 0 Å². The lowest BCUT2D eigenvalue weighted by molar-refractivity contribution is -0.122. The fraction of sp³-hybridized carbons (Fsp3) is 0.550. The van der Waals surface area contributed by atoms with Crippen LogP contribution in [0.1, 0.15) is 13.3 Å². The summed E-state index contributed by atoms with van der Waals surface area (Å²) in [6, 6.07) is -0.625. The third-order valence-corrected chi connectivity index (χ3v) is 6.88. The molecular weight excluding hydrogens is 416 g/mol. The normalized spacial score (nSPS) is 28.5. The zero-order chi connectivity index (χ0) is 22.2. The van der Waals surface area contributed by atoms with Crippen molar-refractivity contribution in [1.82, 2.24) is 14.5 Å². The van der Waals surface area contributed by atoms with E-state index < -0.39 is 33.8 Å². The minimum atomic E-state index is -3.23. The van der Waals surface area contributed by atoms with Gasteiger partial charge in [0.15, 0.2) is 0 Å². The molecular formula is C20H27F2N3O4S. The Kier molecular flexibility index (Phi) is 6.61. The number of nitrogens with one attached hydrogen (secondary N) is 1. The Morgan fingerprint density at radius 1 is 1.20 bits per heavy atom. The first kappa shape index (κ1) is 22.8. The van der Waals surface area contributed by atoms with E-state index in [1.807, 2.05) is 0 Å². The van der Waals surface area contributed by atoms with E-state index in [0.717, 1.165) is 17.2 Å². The summed E-state index contributed by atoms with van der Waals surface area (Å²) in [5, 5.41) is 2.78. The summed E-state index contributed by atoms with van der Waals surface area (Å²) < 4.78 is 58.2. The Labute approximate surface area is 175 Å². The van der Waals surface area contributed by atoms with Crippen LogP contribution < -0.4 is 5.32 Å². The zero-order valence-electron chi connectivity index (χ0n) is 17.2. The predicted octanol–water partition coefficient (Wildman–Crippen LogP) is 1.43. The maximum absolute atomic E-state index is 14.0. The van der Waals surface area contributed by atoms with Crippen LogP contribution in [-0.2, 0) is 19.6 Å². The molecule has 7 nitrogen and oxygen atoms in total. The molecule has 0 radical (unpaired) electrons. The third kappa shape index (κ3) is 5.05. The van der Waals surface area contributed by atoms with Crippen LogP contribution in [0.25, 0.3) is 0 Å². The second kappa shape index (κ2) is 8.70. The van der Waals surface area contributed by atoms with Crippen molar-refractivity contribution in [3.63, 3.8) is 0 Å². The standard InChI is InChI=1S/C20H27F2N3O4S/c1-12(21)5-18(13(2)22)20-19(23-14(3)26)6-17(11-29-20)24-7-15-9-25(30(4,27)28)10-16(15)8-24/h5,17,19-20H,1-2,6-11H2,3-4H3,(H,23,26). The van der Waals surface area contributed by atoms with Crippen molar-refractivity contribution in [2.45, 2.75) is 31.5 Å². The molecule has 3 aliphatic rings. The monoisotopic (exact) mass is 443 g/mol. The van der Waals surface area contributed by atoms with Crippen LogP contribution in [0.4, 0.5) is 8.78 Å². The first-order valence-electron chi connectivity index (χ1n) is 9.64. The van der Waals surface area contributed by atoms with Gasteiger partial charge in [-0.2, -0.15) is 4.31 Å². The molecule has 0 aromatic carbocycles. The zero-order valence-corrected chi connectivity index (χ0v) is 18.0. The maximum Gasteiger partial charge on any atom is 0.217 e. The van der Waals surface area contributed by atoms with E-state index in [-0.39, 0.29) is 24.1 Å². The van der Waals surface area contributed by atoms with Crippen molar-refractivity contribution < 1.29 is 26.7 Å². The Morgan fingerprint density at radius 3 is 2.27 bits per heavy atom. The summed E-state index contributed by atoms with van der Waals surface area (Å²) in [6.45, 7) is 10.0. The molecule has 0 saturated carbocycles. The summed E-state index contributed by atoms with van der Waals surface area (Å²) in [7, 11) is -3.23. The predicted molar refractivity (Wildman–Crippen MR) is 109 cm³/mol. The van der Waals surface area contributed by atoms with E-state index in [4.69, 9.17) is 4.74 Å². The SMILES string of the molecule is C=C(F)C=C(C(=C)F)C1OCC(N2CC3=C(C2)CN(S(C)(=O)=O)C3)CC1NC(C)=O. The molecule has 1 saturated heterocycles. The minimum Gasteiger partial charge on any atom is -0.370 e. The van der Waals surface area contributed by atoms with E-state index in [1.54, 1.807) is 0 Å². The van der Waals surface area contributed by atoms with Gasteiger partial charge in [-0.1, -0.05) is 13.2 Å². The Bertz CT molecular complexity index is 910. The highest BCUT2D eigenvalue weighted by atomic mass is 32.2. The number of ether oxygens (including phenoxy) is 1. The summed E-state index contributed by atoms with van der Waals surface area (Å²) in [5.74, 6) is -1.97. The second-order valence-electron chi connectivity index (χ2n) is 8.05. The number of amides is 1. The van der Waals surface area contributed by atoms with E-state index in [0.29, 0.717) is 32.6 Å². The Morgan fingerprint density at radius 2 is 1.80 bits per heavy atom. The minimum absolute atomic E-state index is 0.0573. The van der Waals surface area contributed by atoms with Gasteiger partial charge >= 0.3 is 0 Å². The summed E-state index contributed by atoms with van der Waals surface area (Å²) in [4.78, 5) is 13.9. The molecule has 3 atom stereocenters. The number of nitrogens with zero attached hydrogens (tertiary/aromatic N) is 2. The van der Waals surface area contributed by atoms with Gasteiger partial charge in [0.2, 0.25) is 15.9 Å². The number of rotatable bonds is 6. The molecule has 1 N–H and O–H groups in total. The average Bonchev–Trinajstić information content (AvgIpc) is 3.18. The first-order valence-corrected chi connectivity index (χ1v) is 11.5. The van der Waals surface area contributed by atoms with Gasteiger partial charge in [0.25, 0.3) is 0 Å². The quantitative estimate of drug-likeness (QED) is 0.496. The Hall–Kier alpha value is -1.88. The molecule has 0 aliphatic carbocycles. The van der Waals surface area contributed by atoms with E-state index in [2.05, 4.69) is 23.4 Å². The van der Waals surface area contributed by atoms with Crippen LogP contribution in [-0.4, -0.2) is 80.8 Å². The van der Waals surface area contributed by atoms with Crippen LogP contribution in [0.2, 0.25) is 0 Å². The molecule has 1 amide bonds. The number of hydrogen-bond donors (Lipinski definition) is 1. The van der Waals surface area contributed by atoms with Gasteiger partial charge in [-0.15, -0.1) is 0 Å². The molecule has 0 bridgehead atoms. The highest BCUT2D eigenvalue weighted by Crippen LogP contribution is 2.33. The van der Waals surface area contributed by atoms with Gasteiger partial charge in [-0.3, -0.25) is 9.69 Å². The number of sulfonamides is 1. The smallest absolute Gasteiger partial charge is 0.217 e. The fourth-order valence-corrected chi connectivity index (χ4v) is 5.10. The van der Waals surface area contributed by atoms with Crippen molar-refractivity contribution >= 4 is 15.9 Å². The summed E-state index contributed by atoms with van der Waals surface area (Å²) in [5.41, 5.74) is 2.10. The van der Waals surface area contributed by atoms with Crippen molar-refractivity contribution in [2.24, 2.45) is 0 Å². The molecule has 10 heteroatoms. The third-order valence-electron chi connectivity index (χ3n) is 5.69. The van der Waals surface area contributed by atoms with Gasteiger partial charge < -0.3 is 10.1 Å². The van der Waals surface area contributed by atoms with Crippen LogP contribution in [0.15, 0.2) is 47.6 Å². The van der Waals surface area contributed by atoms with Crippen molar-refractivity contribution in [2.75, 3.05) is 39.0 Å². The molecule has 3 rings (SSSR count). The largest absolute Gasteiger partial charge is 0.370 e. The molecule has 1 fully saturated rings. The van der Waals surface area contributed by atoms with Crippen LogP contribution >= 0.6 is 0 Å². The van der Waals surface area contributed by atoms with Crippen LogP contribution in [0.5, 0.6) is 0 Å². The molecule has 3 aliphatic heterocycles. The van der Waals surface area contributed by atoms with Crippen molar-refractivity contribution in [3.05, 3.63) is 47.6 Å². The number of carbonyl (C=O) groups is 1.